The number of aryl methyl sites for hydroxylation is 2. The molecule has 0 saturated carbocycles. The number of benzene rings is 2. The van der Waals surface area contributed by atoms with Gasteiger partial charge < -0.3 is 0 Å². The van der Waals surface area contributed by atoms with Gasteiger partial charge in [-0.05, 0) is 81.0 Å². The van der Waals surface area contributed by atoms with Gasteiger partial charge in [-0.2, -0.15) is 0 Å². The average molecular weight is 471 g/mol. The van der Waals surface area contributed by atoms with E-state index >= 15 is 0 Å². The molecular weight excluding hydrogens is 424 g/mol. The minimum Gasteiger partial charge on any atom is -0.0579 e. The largest absolute Gasteiger partial charge is 0.0579 e. The third-order valence-corrected chi connectivity index (χ3v) is 8.42. The van der Waals surface area contributed by atoms with Crippen molar-refractivity contribution in [3.05, 3.63) is 57.6 Å². The molecule has 0 amide bonds. The molecule has 2 aromatic carbocycles. The van der Waals surface area contributed by atoms with Crippen LogP contribution in [0.1, 0.15) is 116 Å². The lowest BCUT2D eigenvalue weighted by molar-refractivity contribution is 0.518. The van der Waals surface area contributed by atoms with E-state index in [1.165, 1.54) is 43.2 Å². The fourth-order valence-corrected chi connectivity index (χ4v) is 7.81. The van der Waals surface area contributed by atoms with Gasteiger partial charge in [-0.15, -0.1) is 0 Å². The summed E-state index contributed by atoms with van der Waals surface area (Å²) in [6.07, 6.45) is 0. The molecule has 0 N–H and O–H groups in total. The molecule has 0 heterocycles. The summed E-state index contributed by atoms with van der Waals surface area (Å²) in [6, 6.07) is 9.33. The van der Waals surface area contributed by atoms with Crippen molar-refractivity contribution < 1.29 is 0 Å². The molecular formula is C30H46S2. The predicted molar refractivity (Wildman–Crippen MR) is 149 cm³/mol. The van der Waals surface area contributed by atoms with Gasteiger partial charge in [0.1, 0.15) is 0 Å². The predicted octanol–water partition coefficient (Wildman–Crippen LogP) is 10.3. The fourth-order valence-electron chi connectivity index (χ4n) is 5.03. The SMILES string of the molecule is Cc1ccc(SSc2ccc(C)c(C(C)(C)C)c2C(C)(C)C)c(C(C)(C)C)c1C(C)(C)C. The smallest absolute Gasteiger partial charge is 0.0226 e. The van der Waals surface area contributed by atoms with Crippen LogP contribution in [0.5, 0.6) is 0 Å². The van der Waals surface area contributed by atoms with E-state index in [1.54, 1.807) is 0 Å². The van der Waals surface area contributed by atoms with Crippen LogP contribution < -0.4 is 0 Å². The van der Waals surface area contributed by atoms with Gasteiger partial charge in [-0.1, -0.05) is 117 Å². The van der Waals surface area contributed by atoms with Gasteiger partial charge in [0.05, 0.1) is 0 Å². The van der Waals surface area contributed by atoms with Crippen LogP contribution in [0.2, 0.25) is 0 Å². The molecule has 0 atom stereocenters. The summed E-state index contributed by atoms with van der Waals surface area (Å²) in [4.78, 5) is 2.80. The van der Waals surface area contributed by atoms with Crippen molar-refractivity contribution in [2.75, 3.05) is 0 Å². The molecule has 0 nitrogen and oxygen atoms in total. The topological polar surface area (TPSA) is 0 Å². The fraction of sp³-hybridized carbons (Fsp3) is 0.600. The number of hydrogen-bond donors (Lipinski definition) is 0. The Hall–Kier alpha value is -0.860. The Balaban J connectivity index is 2.66. The molecule has 0 saturated heterocycles. The monoisotopic (exact) mass is 470 g/mol. The van der Waals surface area contributed by atoms with Gasteiger partial charge in [-0.3, -0.25) is 0 Å². The molecule has 2 heteroatoms. The maximum absolute atomic E-state index is 2.36. The van der Waals surface area contributed by atoms with E-state index in [9.17, 15) is 0 Å². The van der Waals surface area contributed by atoms with E-state index in [2.05, 4.69) is 121 Å². The lowest BCUT2D eigenvalue weighted by Crippen LogP contribution is -2.24. The minimum atomic E-state index is 0.0915. The Morgan fingerprint density at radius 2 is 0.656 bits per heavy atom. The van der Waals surface area contributed by atoms with Gasteiger partial charge in [0.15, 0.2) is 0 Å². The summed E-state index contributed by atoms with van der Waals surface area (Å²) >= 11 is 0. The summed E-state index contributed by atoms with van der Waals surface area (Å²) in [7, 11) is 3.88. The Bertz CT molecular complexity index is 887. The second kappa shape index (κ2) is 9.06. The number of rotatable bonds is 3. The highest BCUT2D eigenvalue weighted by Gasteiger charge is 2.32. The first kappa shape index (κ1) is 27.4. The van der Waals surface area contributed by atoms with Crippen molar-refractivity contribution in [1.29, 1.82) is 0 Å². The maximum atomic E-state index is 2.36. The molecule has 2 aromatic rings. The van der Waals surface area contributed by atoms with E-state index < -0.39 is 0 Å². The summed E-state index contributed by atoms with van der Waals surface area (Å²) in [5, 5.41) is 0. The minimum absolute atomic E-state index is 0.0915. The first-order valence-corrected chi connectivity index (χ1v) is 14.0. The molecule has 0 bridgehead atoms. The third kappa shape index (κ3) is 5.98. The van der Waals surface area contributed by atoms with E-state index in [0.29, 0.717) is 0 Å². The van der Waals surface area contributed by atoms with Crippen LogP contribution in [-0.4, -0.2) is 0 Å². The lowest BCUT2D eigenvalue weighted by atomic mass is 9.73. The van der Waals surface area contributed by atoms with Crippen LogP contribution in [0.4, 0.5) is 0 Å². The second-order valence-electron chi connectivity index (χ2n) is 13.4. The Kier molecular flexibility index (Phi) is 7.76. The molecule has 2 rings (SSSR count). The molecule has 0 aliphatic rings. The van der Waals surface area contributed by atoms with Gasteiger partial charge in [0, 0.05) is 9.79 Å². The van der Waals surface area contributed by atoms with Gasteiger partial charge in [-0.25, -0.2) is 0 Å². The number of hydrogen-bond acceptors (Lipinski definition) is 2. The van der Waals surface area contributed by atoms with Crippen molar-refractivity contribution in [1.82, 2.24) is 0 Å². The highest BCUT2D eigenvalue weighted by molar-refractivity contribution is 8.76. The van der Waals surface area contributed by atoms with E-state index in [1.807, 2.05) is 21.6 Å². The molecule has 178 valence electrons. The summed E-state index contributed by atoms with van der Waals surface area (Å²) in [6.45, 7) is 32.8. The molecule has 0 spiro atoms. The van der Waals surface area contributed by atoms with Crippen LogP contribution in [0.3, 0.4) is 0 Å². The molecule has 0 unspecified atom stereocenters. The van der Waals surface area contributed by atoms with Gasteiger partial charge >= 0.3 is 0 Å². The summed E-state index contributed by atoms with van der Waals surface area (Å²) in [5.41, 5.74) is 9.24. The van der Waals surface area contributed by atoms with Crippen LogP contribution in [0.25, 0.3) is 0 Å². The van der Waals surface area contributed by atoms with E-state index in [0.717, 1.165) is 0 Å². The normalized spacial score (nSPS) is 13.6. The van der Waals surface area contributed by atoms with Crippen molar-refractivity contribution in [2.45, 2.75) is 128 Å². The molecule has 32 heavy (non-hydrogen) atoms. The zero-order chi connectivity index (χ0) is 24.9. The average Bonchev–Trinajstić information content (AvgIpc) is 2.57. The van der Waals surface area contributed by atoms with E-state index in [-0.39, 0.29) is 21.7 Å². The first-order chi connectivity index (χ1) is 14.3. The highest BCUT2D eigenvalue weighted by Crippen LogP contribution is 2.50. The molecule has 0 fully saturated rings. The van der Waals surface area contributed by atoms with Crippen LogP contribution in [-0.2, 0) is 21.7 Å². The molecule has 0 radical (unpaired) electrons. The third-order valence-electron chi connectivity index (χ3n) is 5.97. The van der Waals surface area contributed by atoms with Gasteiger partial charge in [0.25, 0.3) is 0 Å². The van der Waals surface area contributed by atoms with Crippen molar-refractivity contribution in [3.63, 3.8) is 0 Å². The van der Waals surface area contributed by atoms with Crippen molar-refractivity contribution >= 4 is 21.6 Å². The quantitative estimate of drug-likeness (QED) is 0.409. The Morgan fingerprint density at radius 1 is 0.406 bits per heavy atom. The standard InChI is InChI=1S/C30H46S2/c1-19-15-17-21(25(29(9,10)11)23(19)27(3,4)5)31-32-22-18-16-20(2)24(28(6,7)8)26(22)30(12,13)14/h15-18H,1-14H3. The van der Waals surface area contributed by atoms with E-state index in [4.69, 9.17) is 0 Å². The van der Waals surface area contributed by atoms with Crippen molar-refractivity contribution in [3.8, 4) is 0 Å². The zero-order valence-corrected chi connectivity index (χ0v) is 24.8. The maximum Gasteiger partial charge on any atom is 0.0226 e. The first-order valence-electron chi connectivity index (χ1n) is 11.9. The summed E-state index contributed by atoms with van der Waals surface area (Å²) in [5.74, 6) is 0. The molecule has 0 aliphatic heterocycles. The van der Waals surface area contributed by atoms with Crippen LogP contribution in [0, 0.1) is 13.8 Å². The highest BCUT2D eigenvalue weighted by atomic mass is 33.1. The lowest BCUT2D eigenvalue weighted by Gasteiger charge is -2.35. The zero-order valence-electron chi connectivity index (χ0n) is 23.1. The van der Waals surface area contributed by atoms with Crippen LogP contribution in [0.15, 0.2) is 34.1 Å². The Labute approximate surface area is 207 Å². The molecule has 0 aromatic heterocycles. The Morgan fingerprint density at radius 3 is 0.875 bits per heavy atom. The summed E-state index contributed by atoms with van der Waals surface area (Å²) < 4.78 is 0. The second-order valence-corrected chi connectivity index (χ2v) is 15.6. The van der Waals surface area contributed by atoms with Gasteiger partial charge in [0.2, 0.25) is 0 Å². The molecule has 0 aliphatic carbocycles. The van der Waals surface area contributed by atoms with Crippen LogP contribution >= 0.6 is 21.6 Å². The van der Waals surface area contributed by atoms with Crippen molar-refractivity contribution in [2.24, 2.45) is 0 Å².